The van der Waals surface area contributed by atoms with Crippen LogP contribution in [0.5, 0.6) is 0 Å². The highest BCUT2D eigenvalue weighted by Gasteiger charge is 2.18. The Hall–Kier alpha value is -2.53. The second kappa shape index (κ2) is 4.74. The second-order valence-corrected chi connectivity index (χ2v) is 6.20. The van der Waals surface area contributed by atoms with Gasteiger partial charge >= 0.3 is 0 Å². The first kappa shape index (κ1) is 13.2. The fraction of sp³-hybridized carbons (Fsp3) is 0.118. The zero-order valence-corrected chi connectivity index (χ0v) is 13.1. The number of imidazole rings is 1. The molecule has 0 spiro atoms. The molecule has 0 radical (unpaired) electrons. The molecule has 22 heavy (non-hydrogen) atoms. The van der Waals surface area contributed by atoms with Gasteiger partial charge in [-0.3, -0.25) is 4.40 Å². The van der Waals surface area contributed by atoms with Crippen LogP contribution < -0.4 is 5.73 Å². The molecule has 0 atom stereocenters. The molecule has 2 N–H and O–H groups in total. The van der Waals surface area contributed by atoms with E-state index in [1.807, 2.05) is 16.5 Å². The third kappa shape index (κ3) is 1.86. The smallest absolute Gasteiger partial charge is 0.196 e. The molecular weight excluding hydrogens is 294 g/mol. The maximum Gasteiger partial charge on any atom is 0.196 e. The van der Waals surface area contributed by atoms with Crippen molar-refractivity contribution in [3.05, 3.63) is 53.1 Å². The summed E-state index contributed by atoms with van der Waals surface area (Å²) in [6, 6.07) is 10.2. The number of aryl methyl sites for hydroxylation is 2. The summed E-state index contributed by atoms with van der Waals surface area (Å²) >= 11 is 1.58. The number of nitrogens with zero attached hydrogens (tertiary/aromatic N) is 2. The van der Waals surface area contributed by atoms with Crippen molar-refractivity contribution in [1.82, 2.24) is 9.38 Å². The zero-order chi connectivity index (χ0) is 15.3. The predicted molar refractivity (Wildman–Crippen MR) is 90.1 cm³/mol. The minimum Gasteiger partial charge on any atom is -0.463 e. The molecule has 0 saturated heterocycles. The summed E-state index contributed by atoms with van der Waals surface area (Å²) < 4.78 is 7.42. The van der Waals surface area contributed by atoms with Crippen molar-refractivity contribution in [3.63, 3.8) is 0 Å². The summed E-state index contributed by atoms with van der Waals surface area (Å²) in [4.78, 5) is 5.48. The summed E-state index contributed by atoms with van der Waals surface area (Å²) in [7, 11) is 0. The summed E-state index contributed by atoms with van der Waals surface area (Å²) in [6.07, 6.45) is 1.63. The van der Waals surface area contributed by atoms with Gasteiger partial charge in [0.05, 0.1) is 12.0 Å². The molecule has 0 amide bonds. The third-order valence-electron chi connectivity index (χ3n) is 3.96. The Bertz CT molecular complexity index is 964. The Labute approximate surface area is 131 Å². The highest BCUT2D eigenvalue weighted by Crippen LogP contribution is 2.34. The van der Waals surface area contributed by atoms with Crippen LogP contribution in [0.25, 0.3) is 27.7 Å². The van der Waals surface area contributed by atoms with Crippen LogP contribution in [0.4, 0.5) is 5.82 Å². The van der Waals surface area contributed by atoms with Crippen LogP contribution in [0.3, 0.4) is 0 Å². The van der Waals surface area contributed by atoms with E-state index in [4.69, 9.17) is 10.2 Å². The minimum absolute atomic E-state index is 0.611. The lowest BCUT2D eigenvalue weighted by molar-refractivity contribution is 0.581. The first-order valence-corrected chi connectivity index (χ1v) is 7.90. The van der Waals surface area contributed by atoms with Crippen molar-refractivity contribution in [2.75, 3.05) is 5.73 Å². The summed E-state index contributed by atoms with van der Waals surface area (Å²) in [5.74, 6) is 1.30. The van der Waals surface area contributed by atoms with Crippen molar-refractivity contribution in [2.24, 2.45) is 0 Å². The lowest BCUT2D eigenvalue weighted by Gasteiger charge is -2.05. The van der Waals surface area contributed by atoms with Gasteiger partial charge in [0, 0.05) is 5.38 Å². The van der Waals surface area contributed by atoms with Gasteiger partial charge in [0.2, 0.25) is 0 Å². The number of anilines is 1. The number of rotatable bonds is 2. The molecule has 110 valence electrons. The molecule has 4 aromatic rings. The quantitative estimate of drug-likeness (QED) is 0.592. The molecule has 4 rings (SSSR count). The standard InChI is InChI=1S/C17H15N3OS/c1-10-5-6-12(8-11(10)2)13-9-22-17-19-15(16(18)20(13)17)14-4-3-7-21-14/h3-9H,18H2,1-2H3. The molecular formula is C17H15N3OS. The highest BCUT2D eigenvalue weighted by molar-refractivity contribution is 7.15. The van der Waals surface area contributed by atoms with Crippen molar-refractivity contribution in [2.45, 2.75) is 13.8 Å². The molecule has 5 heteroatoms. The van der Waals surface area contributed by atoms with Crippen molar-refractivity contribution >= 4 is 22.1 Å². The minimum atomic E-state index is 0.611. The fourth-order valence-corrected chi connectivity index (χ4v) is 3.48. The fourth-order valence-electron chi connectivity index (χ4n) is 2.58. The Morgan fingerprint density at radius 1 is 1.18 bits per heavy atom. The number of hydrogen-bond acceptors (Lipinski definition) is 4. The number of nitrogen functional groups attached to an aromatic ring is 1. The number of aromatic nitrogens is 2. The van der Waals surface area contributed by atoms with Crippen LogP contribution in [0.15, 0.2) is 46.4 Å². The van der Waals surface area contributed by atoms with Gasteiger partial charge in [-0.1, -0.05) is 12.1 Å². The largest absolute Gasteiger partial charge is 0.463 e. The van der Waals surface area contributed by atoms with Gasteiger partial charge in [-0.25, -0.2) is 4.98 Å². The van der Waals surface area contributed by atoms with Crippen molar-refractivity contribution in [1.29, 1.82) is 0 Å². The maximum absolute atomic E-state index is 6.33. The van der Waals surface area contributed by atoms with Crippen LogP contribution in [-0.2, 0) is 0 Å². The average molecular weight is 309 g/mol. The number of furan rings is 1. The Kier molecular flexibility index (Phi) is 2.84. The van der Waals surface area contributed by atoms with E-state index >= 15 is 0 Å². The van der Waals surface area contributed by atoms with E-state index in [9.17, 15) is 0 Å². The Balaban J connectivity index is 1.94. The molecule has 0 aliphatic carbocycles. The van der Waals surface area contributed by atoms with E-state index in [0.717, 1.165) is 16.2 Å². The lowest BCUT2D eigenvalue weighted by Crippen LogP contribution is -1.95. The topological polar surface area (TPSA) is 56.5 Å². The number of fused-ring (bicyclic) bond motifs is 1. The van der Waals surface area contributed by atoms with Crippen LogP contribution >= 0.6 is 11.3 Å². The van der Waals surface area contributed by atoms with Gasteiger partial charge in [0.15, 0.2) is 10.7 Å². The summed E-state index contributed by atoms with van der Waals surface area (Å²) in [5.41, 5.74) is 11.8. The van der Waals surface area contributed by atoms with Gasteiger partial charge in [-0.2, -0.15) is 0 Å². The van der Waals surface area contributed by atoms with Gasteiger partial charge < -0.3 is 10.2 Å². The molecule has 0 saturated carbocycles. The van der Waals surface area contributed by atoms with E-state index in [-0.39, 0.29) is 0 Å². The normalized spacial score (nSPS) is 11.4. The summed E-state index contributed by atoms with van der Waals surface area (Å²) in [5, 5.41) is 2.09. The van der Waals surface area contributed by atoms with E-state index in [1.165, 1.54) is 11.1 Å². The van der Waals surface area contributed by atoms with E-state index in [1.54, 1.807) is 17.6 Å². The lowest BCUT2D eigenvalue weighted by atomic mass is 10.0. The van der Waals surface area contributed by atoms with Gasteiger partial charge in [0.25, 0.3) is 0 Å². The Morgan fingerprint density at radius 3 is 2.77 bits per heavy atom. The molecule has 3 heterocycles. The van der Waals surface area contributed by atoms with E-state index in [0.29, 0.717) is 17.3 Å². The predicted octanol–water partition coefficient (Wildman–Crippen LogP) is 4.52. The molecule has 0 aliphatic rings. The van der Waals surface area contributed by atoms with Crippen molar-refractivity contribution in [3.8, 4) is 22.7 Å². The number of hydrogen-bond donors (Lipinski definition) is 1. The molecule has 0 bridgehead atoms. The molecule has 4 nitrogen and oxygen atoms in total. The first-order chi connectivity index (χ1) is 10.6. The van der Waals surface area contributed by atoms with Crippen molar-refractivity contribution < 1.29 is 4.42 Å². The first-order valence-electron chi connectivity index (χ1n) is 7.02. The second-order valence-electron chi connectivity index (χ2n) is 5.36. The molecule has 1 aromatic carbocycles. The molecule has 0 unspecified atom stereocenters. The number of thiazole rings is 1. The van der Waals surface area contributed by atoms with Crippen LogP contribution in [-0.4, -0.2) is 9.38 Å². The molecule has 0 aliphatic heterocycles. The van der Waals surface area contributed by atoms with Gasteiger partial charge in [0.1, 0.15) is 11.5 Å². The average Bonchev–Trinajstić information content (AvgIpc) is 3.20. The molecule has 3 aromatic heterocycles. The van der Waals surface area contributed by atoms with Gasteiger partial charge in [-0.05, 0) is 48.7 Å². The van der Waals surface area contributed by atoms with Crippen LogP contribution in [0.1, 0.15) is 11.1 Å². The number of benzene rings is 1. The summed E-state index contributed by atoms with van der Waals surface area (Å²) in [6.45, 7) is 4.23. The SMILES string of the molecule is Cc1ccc(-c2csc3nc(-c4ccco4)c(N)n23)cc1C. The Morgan fingerprint density at radius 2 is 2.05 bits per heavy atom. The maximum atomic E-state index is 6.33. The zero-order valence-electron chi connectivity index (χ0n) is 12.3. The van der Waals surface area contributed by atoms with Crippen LogP contribution in [0.2, 0.25) is 0 Å². The van der Waals surface area contributed by atoms with Crippen LogP contribution in [0, 0.1) is 13.8 Å². The van der Waals surface area contributed by atoms with E-state index in [2.05, 4.69) is 42.4 Å². The third-order valence-corrected chi connectivity index (χ3v) is 4.78. The van der Waals surface area contributed by atoms with E-state index < -0.39 is 0 Å². The molecule has 0 fully saturated rings. The monoisotopic (exact) mass is 309 g/mol. The van der Waals surface area contributed by atoms with Gasteiger partial charge in [-0.15, -0.1) is 11.3 Å². The highest BCUT2D eigenvalue weighted by atomic mass is 32.1. The number of nitrogens with two attached hydrogens (primary N) is 1.